The summed E-state index contributed by atoms with van der Waals surface area (Å²) in [6.07, 6.45) is 1.19. The maximum atomic E-state index is 5.41. The van der Waals surface area contributed by atoms with E-state index < -0.39 is 0 Å². The summed E-state index contributed by atoms with van der Waals surface area (Å²) in [7, 11) is 0. The summed E-state index contributed by atoms with van der Waals surface area (Å²) < 4.78 is 5.41. The zero-order valence-corrected chi connectivity index (χ0v) is 9.95. The molecule has 0 heterocycles. The molecule has 0 aliphatic carbocycles. The fourth-order valence-electron chi connectivity index (χ4n) is 1.03. The minimum absolute atomic E-state index is 0.532. The van der Waals surface area contributed by atoms with Gasteiger partial charge < -0.3 is 10.1 Å². The molecule has 0 aromatic heterocycles. The van der Waals surface area contributed by atoms with Crippen LogP contribution in [0.1, 0.15) is 27.2 Å². The molecule has 0 saturated carbocycles. The predicted octanol–water partition coefficient (Wildman–Crippen LogP) is 2.14. The Labute approximate surface area is 86.8 Å². The van der Waals surface area contributed by atoms with Crippen molar-refractivity contribution in [2.24, 2.45) is 0 Å². The number of thioether (sulfide) groups is 1. The highest BCUT2D eigenvalue weighted by atomic mass is 32.2. The Balaban J connectivity index is 3.47. The van der Waals surface area contributed by atoms with Crippen LogP contribution < -0.4 is 5.32 Å². The normalized spacial score (nSPS) is 13.2. The zero-order chi connectivity index (χ0) is 9.94. The van der Waals surface area contributed by atoms with Crippen LogP contribution in [0.3, 0.4) is 0 Å². The molecule has 0 saturated heterocycles. The predicted molar refractivity (Wildman–Crippen MR) is 61.6 cm³/mol. The lowest BCUT2D eigenvalue weighted by molar-refractivity contribution is 0.128. The molecule has 2 nitrogen and oxygen atoms in total. The number of hydrogen-bond acceptors (Lipinski definition) is 3. The third-order valence-corrected chi connectivity index (χ3v) is 2.78. The van der Waals surface area contributed by atoms with Crippen molar-refractivity contribution in [2.45, 2.75) is 33.2 Å². The van der Waals surface area contributed by atoms with Crippen molar-refractivity contribution < 1.29 is 4.74 Å². The van der Waals surface area contributed by atoms with Crippen LogP contribution in [-0.4, -0.2) is 37.3 Å². The van der Waals surface area contributed by atoms with E-state index in [-0.39, 0.29) is 0 Å². The SMILES string of the molecule is CCCNC(COCC)CSCC. The Kier molecular flexibility index (Phi) is 10.6. The summed E-state index contributed by atoms with van der Waals surface area (Å²) >= 11 is 1.97. The summed E-state index contributed by atoms with van der Waals surface area (Å²) in [5.74, 6) is 2.35. The Hall–Kier alpha value is 0.270. The lowest BCUT2D eigenvalue weighted by Crippen LogP contribution is -2.36. The largest absolute Gasteiger partial charge is 0.380 e. The van der Waals surface area contributed by atoms with Gasteiger partial charge in [-0.2, -0.15) is 11.8 Å². The second kappa shape index (κ2) is 10.4. The molecule has 0 aromatic carbocycles. The average molecular weight is 205 g/mol. The average Bonchev–Trinajstić information content (AvgIpc) is 2.17. The third kappa shape index (κ3) is 8.60. The summed E-state index contributed by atoms with van der Waals surface area (Å²) in [5.41, 5.74) is 0. The van der Waals surface area contributed by atoms with Gasteiger partial charge in [-0.05, 0) is 25.6 Å². The standard InChI is InChI=1S/C10H23NOS/c1-4-7-11-10(8-12-5-2)9-13-6-3/h10-11H,4-9H2,1-3H3. The number of nitrogens with one attached hydrogen (secondary N) is 1. The quantitative estimate of drug-likeness (QED) is 0.623. The van der Waals surface area contributed by atoms with Gasteiger partial charge in [0.1, 0.15) is 0 Å². The molecule has 0 bridgehead atoms. The fourth-order valence-corrected chi connectivity index (χ4v) is 1.77. The minimum atomic E-state index is 0.532. The number of hydrogen-bond donors (Lipinski definition) is 1. The Bertz CT molecular complexity index is 81.9. The fraction of sp³-hybridized carbons (Fsp3) is 1.00. The van der Waals surface area contributed by atoms with Crippen molar-refractivity contribution in [3.8, 4) is 0 Å². The molecule has 3 heteroatoms. The second-order valence-corrected chi connectivity index (χ2v) is 4.29. The van der Waals surface area contributed by atoms with Gasteiger partial charge in [-0.15, -0.1) is 0 Å². The van der Waals surface area contributed by atoms with Crippen LogP contribution in [0.4, 0.5) is 0 Å². The molecule has 0 aliphatic heterocycles. The Morgan fingerprint density at radius 3 is 2.62 bits per heavy atom. The van der Waals surface area contributed by atoms with Gasteiger partial charge in [-0.1, -0.05) is 13.8 Å². The van der Waals surface area contributed by atoms with E-state index in [2.05, 4.69) is 19.2 Å². The van der Waals surface area contributed by atoms with Crippen LogP contribution in [0, 0.1) is 0 Å². The summed E-state index contributed by atoms with van der Waals surface area (Å²) in [6.45, 7) is 9.20. The van der Waals surface area contributed by atoms with Crippen molar-refractivity contribution in [1.29, 1.82) is 0 Å². The lowest BCUT2D eigenvalue weighted by atomic mass is 10.3. The van der Waals surface area contributed by atoms with Crippen molar-refractivity contribution in [1.82, 2.24) is 5.32 Å². The molecule has 0 rings (SSSR count). The van der Waals surface area contributed by atoms with E-state index in [1.54, 1.807) is 0 Å². The number of rotatable bonds is 9. The highest BCUT2D eigenvalue weighted by Crippen LogP contribution is 2.02. The molecule has 0 aromatic rings. The smallest absolute Gasteiger partial charge is 0.0627 e. The zero-order valence-electron chi connectivity index (χ0n) is 9.14. The van der Waals surface area contributed by atoms with E-state index in [9.17, 15) is 0 Å². The van der Waals surface area contributed by atoms with E-state index in [4.69, 9.17) is 4.74 Å². The van der Waals surface area contributed by atoms with Crippen LogP contribution in [0.2, 0.25) is 0 Å². The van der Waals surface area contributed by atoms with Gasteiger partial charge in [0.15, 0.2) is 0 Å². The van der Waals surface area contributed by atoms with Crippen molar-refractivity contribution >= 4 is 11.8 Å². The first kappa shape index (κ1) is 13.3. The van der Waals surface area contributed by atoms with Gasteiger partial charge >= 0.3 is 0 Å². The lowest BCUT2D eigenvalue weighted by Gasteiger charge is -2.17. The van der Waals surface area contributed by atoms with Crippen molar-refractivity contribution in [3.05, 3.63) is 0 Å². The van der Waals surface area contributed by atoms with E-state index in [0.29, 0.717) is 6.04 Å². The molecule has 0 fully saturated rings. The maximum Gasteiger partial charge on any atom is 0.0627 e. The van der Waals surface area contributed by atoms with Gasteiger partial charge in [0.25, 0.3) is 0 Å². The molecular formula is C10H23NOS. The summed E-state index contributed by atoms with van der Waals surface area (Å²) in [4.78, 5) is 0. The molecule has 0 aliphatic rings. The summed E-state index contributed by atoms with van der Waals surface area (Å²) in [5, 5.41) is 3.49. The molecule has 13 heavy (non-hydrogen) atoms. The highest BCUT2D eigenvalue weighted by molar-refractivity contribution is 7.99. The van der Waals surface area contributed by atoms with E-state index >= 15 is 0 Å². The Morgan fingerprint density at radius 2 is 2.08 bits per heavy atom. The summed E-state index contributed by atoms with van der Waals surface area (Å²) in [6, 6.07) is 0.532. The van der Waals surface area contributed by atoms with Crippen molar-refractivity contribution in [3.63, 3.8) is 0 Å². The van der Waals surface area contributed by atoms with Crippen LogP contribution in [0.5, 0.6) is 0 Å². The van der Waals surface area contributed by atoms with Gasteiger partial charge in [-0.25, -0.2) is 0 Å². The topological polar surface area (TPSA) is 21.3 Å². The molecule has 0 radical (unpaired) electrons. The second-order valence-electron chi connectivity index (χ2n) is 2.97. The highest BCUT2D eigenvalue weighted by Gasteiger charge is 2.06. The van der Waals surface area contributed by atoms with E-state index in [1.165, 1.54) is 12.2 Å². The first-order valence-electron chi connectivity index (χ1n) is 5.23. The molecule has 0 spiro atoms. The van der Waals surface area contributed by atoms with Crippen LogP contribution in [0.15, 0.2) is 0 Å². The van der Waals surface area contributed by atoms with Gasteiger partial charge in [0.2, 0.25) is 0 Å². The molecule has 1 unspecified atom stereocenters. The monoisotopic (exact) mass is 205 g/mol. The van der Waals surface area contributed by atoms with Crippen LogP contribution in [-0.2, 0) is 4.74 Å². The molecule has 1 N–H and O–H groups in total. The first-order chi connectivity index (χ1) is 6.35. The van der Waals surface area contributed by atoms with Crippen molar-refractivity contribution in [2.75, 3.05) is 31.3 Å². The molecular weight excluding hydrogens is 182 g/mol. The van der Waals surface area contributed by atoms with E-state index in [1.807, 2.05) is 18.7 Å². The van der Waals surface area contributed by atoms with Crippen LogP contribution >= 0.6 is 11.8 Å². The molecule has 1 atom stereocenters. The van der Waals surface area contributed by atoms with Crippen LogP contribution in [0.25, 0.3) is 0 Å². The molecule has 80 valence electrons. The van der Waals surface area contributed by atoms with Gasteiger partial charge in [-0.3, -0.25) is 0 Å². The van der Waals surface area contributed by atoms with E-state index in [0.717, 1.165) is 25.5 Å². The first-order valence-corrected chi connectivity index (χ1v) is 6.39. The third-order valence-electron chi connectivity index (χ3n) is 1.73. The van der Waals surface area contributed by atoms with Gasteiger partial charge in [0.05, 0.1) is 6.61 Å². The minimum Gasteiger partial charge on any atom is -0.380 e. The van der Waals surface area contributed by atoms with Gasteiger partial charge in [0, 0.05) is 18.4 Å². The maximum absolute atomic E-state index is 5.41. The Morgan fingerprint density at radius 1 is 1.31 bits per heavy atom. The number of ether oxygens (including phenoxy) is 1. The molecule has 0 amide bonds.